The van der Waals surface area contributed by atoms with Gasteiger partial charge in [0, 0.05) is 25.9 Å². The van der Waals surface area contributed by atoms with Crippen LogP contribution in [0.25, 0.3) is 0 Å². The van der Waals surface area contributed by atoms with Crippen LogP contribution in [0.2, 0.25) is 0 Å². The number of hydrogen-bond donors (Lipinski definition) is 3. The number of amides is 1. The van der Waals surface area contributed by atoms with Crippen molar-refractivity contribution in [3.8, 4) is 0 Å². The molecule has 1 aromatic rings. The Labute approximate surface area is 125 Å². The van der Waals surface area contributed by atoms with Gasteiger partial charge < -0.3 is 20.7 Å². The molecule has 0 radical (unpaired) electrons. The summed E-state index contributed by atoms with van der Waals surface area (Å²) < 4.78 is 5.24. The first kappa shape index (κ1) is 16.9. The lowest BCUT2D eigenvalue weighted by molar-refractivity contribution is -0.114. The van der Waals surface area contributed by atoms with Crippen molar-refractivity contribution < 1.29 is 9.53 Å². The molecule has 0 spiro atoms. The molecule has 1 amide bonds. The van der Waals surface area contributed by atoms with E-state index in [-0.39, 0.29) is 12.5 Å². The van der Waals surface area contributed by atoms with Gasteiger partial charge in [-0.15, -0.1) is 0 Å². The van der Waals surface area contributed by atoms with Crippen LogP contribution in [0.15, 0.2) is 29.5 Å². The summed E-state index contributed by atoms with van der Waals surface area (Å²) >= 11 is 0. The molecule has 0 aliphatic carbocycles. The number of anilines is 1. The Bertz CT molecular complexity index is 436. The molecular formula is C14H23N5O2. The highest BCUT2D eigenvalue weighted by molar-refractivity contribution is 5.93. The number of hydrogen-bond acceptors (Lipinski definition) is 4. The largest absolute Gasteiger partial charge is 0.380 e. The quantitative estimate of drug-likeness (QED) is 0.371. The molecule has 0 fully saturated rings. The average Bonchev–Trinajstić information content (AvgIpc) is 2.50. The van der Waals surface area contributed by atoms with E-state index in [4.69, 9.17) is 4.74 Å². The summed E-state index contributed by atoms with van der Waals surface area (Å²) in [5.74, 6) is 0.406. The zero-order valence-corrected chi connectivity index (χ0v) is 12.6. The fraction of sp³-hybridized carbons (Fsp3) is 0.500. The lowest BCUT2D eigenvalue weighted by Crippen LogP contribution is -2.39. The molecule has 0 aliphatic heterocycles. The topological polar surface area (TPSA) is 87.6 Å². The molecule has 1 aromatic heterocycles. The number of rotatable bonds is 8. The highest BCUT2D eigenvalue weighted by Gasteiger charge is 2.02. The number of carbonyl (C=O) groups is 1. The van der Waals surface area contributed by atoms with E-state index in [0.29, 0.717) is 31.4 Å². The predicted octanol–water partition coefficient (Wildman–Crippen LogP) is 0.612. The number of guanidine groups is 1. The Hall–Kier alpha value is -2.15. The highest BCUT2D eigenvalue weighted by Crippen LogP contribution is 2.01. The minimum Gasteiger partial charge on any atom is -0.380 e. The second kappa shape index (κ2) is 10.6. The van der Waals surface area contributed by atoms with E-state index in [9.17, 15) is 4.79 Å². The van der Waals surface area contributed by atoms with Gasteiger partial charge in [-0.25, -0.2) is 4.99 Å². The SMILES string of the molecule is CCNC(=NCC(=O)Nc1cccnc1)NCCOCC. The van der Waals surface area contributed by atoms with Crippen LogP contribution in [0.4, 0.5) is 5.69 Å². The van der Waals surface area contributed by atoms with Crippen LogP contribution in [0.5, 0.6) is 0 Å². The van der Waals surface area contributed by atoms with Crippen LogP contribution in [-0.2, 0) is 9.53 Å². The van der Waals surface area contributed by atoms with Crippen molar-refractivity contribution in [1.29, 1.82) is 0 Å². The normalized spacial score (nSPS) is 11.0. The van der Waals surface area contributed by atoms with Crippen molar-refractivity contribution in [2.75, 3.05) is 38.2 Å². The maximum absolute atomic E-state index is 11.8. The van der Waals surface area contributed by atoms with Crippen LogP contribution in [-0.4, -0.2) is 49.7 Å². The Morgan fingerprint density at radius 3 is 2.90 bits per heavy atom. The minimum atomic E-state index is -0.190. The zero-order chi connectivity index (χ0) is 15.3. The van der Waals surface area contributed by atoms with Crippen LogP contribution in [0, 0.1) is 0 Å². The summed E-state index contributed by atoms with van der Waals surface area (Å²) in [6.45, 7) is 6.61. The Balaban J connectivity index is 2.39. The molecule has 0 aliphatic rings. The van der Waals surface area contributed by atoms with Crippen LogP contribution < -0.4 is 16.0 Å². The number of aliphatic imine (C=N–C) groups is 1. The summed E-state index contributed by atoms with van der Waals surface area (Å²) in [5, 5.41) is 8.89. The third-order valence-electron chi connectivity index (χ3n) is 2.41. The van der Waals surface area contributed by atoms with E-state index in [2.05, 4.69) is 25.9 Å². The molecule has 116 valence electrons. The molecule has 0 atom stereocenters. The number of pyridine rings is 1. The van der Waals surface area contributed by atoms with Crippen LogP contribution in [0.1, 0.15) is 13.8 Å². The van der Waals surface area contributed by atoms with Crippen LogP contribution >= 0.6 is 0 Å². The molecule has 0 bridgehead atoms. The average molecular weight is 293 g/mol. The van der Waals surface area contributed by atoms with E-state index in [1.807, 2.05) is 13.8 Å². The number of nitrogens with one attached hydrogen (secondary N) is 3. The first-order valence-corrected chi connectivity index (χ1v) is 7.06. The Morgan fingerprint density at radius 2 is 2.24 bits per heavy atom. The number of aromatic nitrogens is 1. The van der Waals surface area contributed by atoms with Crippen molar-refractivity contribution in [2.24, 2.45) is 4.99 Å². The second-order valence-electron chi connectivity index (χ2n) is 4.11. The van der Waals surface area contributed by atoms with E-state index in [1.54, 1.807) is 24.5 Å². The van der Waals surface area contributed by atoms with Gasteiger partial charge in [0.1, 0.15) is 6.54 Å². The summed E-state index contributed by atoms with van der Waals surface area (Å²) in [7, 11) is 0. The fourth-order valence-corrected chi connectivity index (χ4v) is 1.52. The van der Waals surface area contributed by atoms with E-state index >= 15 is 0 Å². The minimum absolute atomic E-state index is 0.0405. The van der Waals surface area contributed by atoms with Gasteiger partial charge in [-0.3, -0.25) is 9.78 Å². The fourth-order valence-electron chi connectivity index (χ4n) is 1.52. The van der Waals surface area contributed by atoms with Gasteiger partial charge in [0.25, 0.3) is 0 Å². The summed E-state index contributed by atoms with van der Waals surface area (Å²) in [5.41, 5.74) is 0.659. The molecule has 0 unspecified atom stereocenters. The van der Waals surface area contributed by atoms with Gasteiger partial charge in [0.2, 0.25) is 5.91 Å². The van der Waals surface area contributed by atoms with Crippen molar-refractivity contribution in [2.45, 2.75) is 13.8 Å². The third kappa shape index (κ3) is 7.88. The first-order chi connectivity index (χ1) is 10.3. The standard InChI is InChI=1S/C14H23N5O2/c1-3-16-14(17-8-9-21-4-2)18-11-13(20)19-12-6-5-7-15-10-12/h5-7,10H,3-4,8-9,11H2,1-2H3,(H,19,20)(H2,16,17,18). The first-order valence-electron chi connectivity index (χ1n) is 7.06. The van der Waals surface area contributed by atoms with Crippen LogP contribution in [0.3, 0.4) is 0 Å². The summed E-state index contributed by atoms with van der Waals surface area (Å²) in [6.07, 6.45) is 3.24. The number of carbonyl (C=O) groups excluding carboxylic acids is 1. The summed E-state index contributed by atoms with van der Waals surface area (Å²) in [6, 6.07) is 3.54. The number of ether oxygens (including phenoxy) is 1. The molecule has 0 aromatic carbocycles. The maximum Gasteiger partial charge on any atom is 0.246 e. The van der Waals surface area contributed by atoms with Gasteiger partial charge in [0.15, 0.2) is 5.96 Å². The molecule has 21 heavy (non-hydrogen) atoms. The molecule has 7 heteroatoms. The van der Waals surface area contributed by atoms with Gasteiger partial charge in [-0.1, -0.05) is 0 Å². The molecule has 7 nitrogen and oxygen atoms in total. The lowest BCUT2D eigenvalue weighted by Gasteiger charge is -2.11. The third-order valence-corrected chi connectivity index (χ3v) is 2.41. The van der Waals surface area contributed by atoms with Crippen molar-refractivity contribution >= 4 is 17.6 Å². The number of nitrogens with zero attached hydrogens (tertiary/aromatic N) is 2. The van der Waals surface area contributed by atoms with E-state index in [0.717, 1.165) is 6.54 Å². The Kier molecular flexibility index (Phi) is 8.54. The molecule has 0 saturated heterocycles. The highest BCUT2D eigenvalue weighted by atomic mass is 16.5. The van der Waals surface area contributed by atoms with E-state index < -0.39 is 0 Å². The van der Waals surface area contributed by atoms with Gasteiger partial charge in [-0.2, -0.15) is 0 Å². The smallest absolute Gasteiger partial charge is 0.246 e. The molecule has 3 N–H and O–H groups in total. The second-order valence-corrected chi connectivity index (χ2v) is 4.11. The molecular weight excluding hydrogens is 270 g/mol. The predicted molar refractivity (Wildman–Crippen MR) is 83.3 cm³/mol. The summed E-state index contributed by atoms with van der Waals surface area (Å²) in [4.78, 5) is 19.9. The van der Waals surface area contributed by atoms with Gasteiger partial charge >= 0.3 is 0 Å². The molecule has 1 rings (SSSR count). The van der Waals surface area contributed by atoms with Gasteiger partial charge in [-0.05, 0) is 26.0 Å². The van der Waals surface area contributed by atoms with Crippen molar-refractivity contribution in [3.05, 3.63) is 24.5 Å². The lowest BCUT2D eigenvalue weighted by atomic mass is 10.4. The van der Waals surface area contributed by atoms with Crippen molar-refractivity contribution in [1.82, 2.24) is 15.6 Å². The van der Waals surface area contributed by atoms with Crippen molar-refractivity contribution in [3.63, 3.8) is 0 Å². The molecule has 0 saturated carbocycles. The van der Waals surface area contributed by atoms with Gasteiger partial charge in [0.05, 0.1) is 18.5 Å². The zero-order valence-electron chi connectivity index (χ0n) is 12.6. The molecule has 1 heterocycles. The Morgan fingerprint density at radius 1 is 1.38 bits per heavy atom. The maximum atomic E-state index is 11.8. The monoisotopic (exact) mass is 293 g/mol. The van der Waals surface area contributed by atoms with E-state index in [1.165, 1.54) is 0 Å².